The number of nitrogens with zero attached hydrogens (tertiary/aromatic N) is 1. The van der Waals surface area contributed by atoms with E-state index in [0.29, 0.717) is 6.61 Å². The number of nitrogens with one attached hydrogen (secondary N) is 1. The molecule has 0 amide bonds. The number of rotatable bonds is 9. The molecule has 1 aliphatic heterocycles. The Bertz CT molecular complexity index is 263. The van der Waals surface area contributed by atoms with Crippen LogP contribution in [-0.2, 0) is 9.53 Å². The molecule has 0 aromatic carbocycles. The molecule has 1 fully saturated rings. The third-order valence-corrected chi connectivity index (χ3v) is 4.07. The molecular formula is C16H32N2O2. The molecule has 1 aliphatic rings. The van der Waals surface area contributed by atoms with Crippen LogP contribution in [0.3, 0.4) is 0 Å². The number of carbonyl (C=O) groups excluding carboxylic acids is 1. The molecule has 4 heteroatoms. The molecule has 20 heavy (non-hydrogen) atoms. The largest absolute Gasteiger partial charge is 0.465 e. The van der Waals surface area contributed by atoms with Crippen molar-refractivity contribution < 1.29 is 9.53 Å². The van der Waals surface area contributed by atoms with E-state index in [0.717, 1.165) is 44.9 Å². The van der Waals surface area contributed by atoms with Crippen LogP contribution in [0.5, 0.6) is 0 Å². The van der Waals surface area contributed by atoms with Gasteiger partial charge < -0.3 is 10.1 Å². The maximum Gasteiger partial charge on any atom is 0.323 e. The molecule has 1 saturated heterocycles. The molecule has 118 valence electrons. The van der Waals surface area contributed by atoms with Crippen molar-refractivity contribution in [2.24, 2.45) is 5.92 Å². The van der Waals surface area contributed by atoms with Crippen LogP contribution in [0.4, 0.5) is 0 Å². The molecule has 0 radical (unpaired) electrons. The van der Waals surface area contributed by atoms with E-state index in [1.54, 1.807) is 0 Å². The lowest BCUT2D eigenvalue weighted by Crippen LogP contribution is -2.47. The zero-order valence-electron chi connectivity index (χ0n) is 13.5. The molecule has 0 spiro atoms. The van der Waals surface area contributed by atoms with Gasteiger partial charge in [-0.3, -0.25) is 9.69 Å². The average Bonchev–Trinajstić information content (AvgIpc) is 2.46. The smallest absolute Gasteiger partial charge is 0.323 e. The van der Waals surface area contributed by atoms with Crippen LogP contribution >= 0.6 is 0 Å². The van der Waals surface area contributed by atoms with Crippen molar-refractivity contribution >= 4 is 5.97 Å². The van der Waals surface area contributed by atoms with Crippen LogP contribution in [0.1, 0.15) is 52.9 Å². The highest BCUT2D eigenvalue weighted by Crippen LogP contribution is 2.21. The lowest BCUT2D eigenvalue weighted by Gasteiger charge is -2.36. The first kappa shape index (κ1) is 17.4. The fraction of sp³-hybridized carbons (Fsp3) is 0.938. The Labute approximate surface area is 124 Å². The van der Waals surface area contributed by atoms with Gasteiger partial charge >= 0.3 is 5.97 Å². The van der Waals surface area contributed by atoms with Crippen LogP contribution in [-0.4, -0.2) is 49.7 Å². The highest BCUT2D eigenvalue weighted by Gasteiger charge is 2.29. The summed E-state index contributed by atoms with van der Waals surface area (Å²) in [4.78, 5) is 14.4. The molecule has 0 bridgehead atoms. The molecular weight excluding hydrogens is 252 g/mol. The van der Waals surface area contributed by atoms with Crippen molar-refractivity contribution in [3.05, 3.63) is 0 Å². The van der Waals surface area contributed by atoms with E-state index in [1.807, 2.05) is 6.92 Å². The Kier molecular flexibility index (Phi) is 8.86. The zero-order valence-corrected chi connectivity index (χ0v) is 13.5. The summed E-state index contributed by atoms with van der Waals surface area (Å²) in [6, 6.07) is -0.0236. The fourth-order valence-corrected chi connectivity index (χ4v) is 2.91. The number of ether oxygens (including phenoxy) is 1. The van der Waals surface area contributed by atoms with Gasteiger partial charge in [-0.25, -0.2) is 0 Å². The molecule has 1 heterocycles. The lowest BCUT2D eigenvalue weighted by molar-refractivity contribution is -0.150. The van der Waals surface area contributed by atoms with Crippen molar-refractivity contribution in [1.29, 1.82) is 0 Å². The number of hydrogen-bond donors (Lipinski definition) is 1. The lowest BCUT2D eigenvalue weighted by atomic mass is 9.95. The van der Waals surface area contributed by atoms with Gasteiger partial charge in [-0.2, -0.15) is 0 Å². The van der Waals surface area contributed by atoms with Gasteiger partial charge in [0, 0.05) is 0 Å². The summed E-state index contributed by atoms with van der Waals surface area (Å²) in [6.45, 7) is 11.0. The van der Waals surface area contributed by atoms with Gasteiger partial charge in [0.2, 0.25) is 0 Å². The number of carbonyl (C=O) groups is 1. The van der Waals surface area contributed by atoms with Crippen molar-refractivity contribution in [3.8, 4) is 0 Å². The Morgan fingerprint density at radius 1 is 1.25 bits per heavy atom. The van der Waals surface area contributed by atoms with Gasteiger partial charge in [0.15, 0.2) is 0 Å². The van der Waals surface area contributed by atoms with Gasteiger partial charge in [-0.05, 0) is 64.7 Å². The van der Waals surface area contributed by atoms with Crippen LogP contribution < -0.4 is 5.32 Å². The third-order valence-electron chi connectivity index (χ3n) is 4.07. The first-order valence-electron chi connectivity index (χ1n) is 8.34. The predicted molar refractivity (Wildman–Crippen MR) is 82.8 cm³/mol. The maximum absolute atomic E-state index is 12.0. The molecule has 1 N–H and O–H groups in total. The van der Waals surface area contributed by atoms with E-state index < -0.39 is 0 Å². The van der Waals surface area contributed by atoms with Gasteiger partial charge in [0.05, 0.1) is 6.61 Å². The SMILES string of the molecule is CCCNCC1CCN(C(CCC)C(=O)OCC)CC1. The van der Waals surface area contributed by atoms with Crippen LogP contribution in [0.15, 0.2) is 0 Å². The molecule has 1 atom stereocenters. The zero-order chi connectivity index (χ0) is 14.8. The van der Waals surface area contributed by atoms with Gasteiger partial charge in [-0.15, -0.1) is 0 Å². The number of hydrogen-bond acceptors (Lipinski definition) is 4. The Morgan fingerprint density at radius 3 is 2.50 bits per heavy atom. The van der Waals surface area contributed by atoms with E-state index in [9.17, 15) is 4.79 Å². The summed E-state index contributed by atoms with van der Waals surface area (Å²) in [6.07, 6.45) is 5.52. The molecule has 0 aromatic heterocycles. The van der Waals surface area contributed by atoms with E-state index in [4.69, 9.17) is 4.74 Å². The second kappa shape index (κ2) is 10.2. The summed E-state index contributed by atoms with van der Waals surface area (Å²) in [5.41, 5.74) is 0. The molecule has 0 aliphatic carbocycles. The van der Waals surface area contributed by atoms with E-state index in [-0.39, 0.29) is 12.0 Å². The second-order valence-electron chi connectivity index (χ2n) is 5.74. The van der Waals surface area contributed by atoms with E-state index in [1.165, 1.54) is 19.3 Å². The minimum Gasteiger partial charge on any atom is -0.465 e. The number of likely N-dealkylation sites (tertiary alicyclic amines) is 1. The van der Waals surface area contributed by atoms with Gasteiger partial charge in [0.25, 0.3) is 0 Å². The summed E-state index contributed by atoms with van der Waals surface area (Å²) < 4.78 is 5.22. The Hall–Kier alpha value is -0.610. The summed E-state index contributed by atoms with van der Waals surface area (Å²) in [5, 5.41) is 3.51. The highest BCUT2D eigenvalue weighted by molar-refractivity contribution is 5.75. The highest BCUT2D eigenvalue weighted by atomic mass is 16.5. The maximum atomic E-state index is 12.0. The summed E-state index contributed by atoms with van der Waals surface area (Å²) in [7, 11) is 0. The van der Waals surface area contributed by atoms with Crippen LogP contribution in [0.25, 0.3) is 0 Å². The number of esters is 1. The van der Waals surface area contributed by atoms with Crippen molar-refractivity contribution in [2.75, 3.05) is 32.8 Å². The molecule has 0 aromatic rings. The van der Waals surface area contributed by atoms with Gasteiger partial charge in [0.1, 0.15) is 6.04 Å². The fourth-order valence-electron chi connectivity index (χ4n) is 2.91. The van der Waals surface area contributed by atoms with Crippen molar-refractivity contribution in [2.45, 2.75) is 58.9 Å². The molecule has 4 nitrogen and oxygen atoms in total. The van der Waals surface area contributed by atoms with Crippen molar-refractivity contribution in [1.82, 2.24) is 10.2 Å². The first-order valence-corrected chi connectivity index (χ1v) is 8.34. The van der Waals surface area contributed by atoms with E-state index in [2.05, 4.69) is 24.1 Å². The minimum absolute atomic E-state index is 0.0236. The topological polar surface area (TPSA) is 41.6 Å². The van der Waals surface area contributed by atoms with Crippen molar-refractivity contribution in [3.63, 3.8) is 0 Å². The predicted octanol–water partition coefficient (Wildman–Crippen LogP) is 2.43. The summed E-state index contributed by atoms with van der Waals surface area (Å²) >= 11 is 0. The first-order chi connectivity index (χ1) is 9.72. The quantitative estimate of drug-likeness (QED) is 0.521. The second-order valence-corrected chi connectivity index (χ2v) is 5.74. The Balaban J connectivity index is 2.38. The molecule has 0 saturated carbocycles. The average molecular weight is 284 g/mol. The molecule has 1 unspecified atom stereocenters. The summed E-state index contributed by atoms with van der Waals surface area (Å²) in [5.74, 6) is 0.735. The Morgan fingerprint density at radius 2 is 1.95 bits per heavy atom. The standard InChI is InChI=1S/C16H32N2O2/c1-4-7-15(16(19)20-6-3)18-11-8-14(9-12-18)13-17-10-5-2/h14-15,17H,4-13H2,1-3H3. The van der Waals surface area contributed by atoms with Gasteiger partial charge in [-0.1, -0.05) is 20.3 Å². The third kappa shape index (κ3) is 5.80. The minimum atomic E-state index is -0.0306. The molecule has 1 rings (SSSR count). The normalized spacial score (nSPS) is 18.9. The monoisotopic (exact) mass is 284 g/mol. The van der Waals surface area contributed by atoms with Crippen LogP contribution in [0.2, 0.25) is 0 Å². The number of piperidine rings is 1. The van der Waals surface area contributed by atoms with Crippen LogP contribution in [0, 0.1) is 5.92 Å². The van der Waals surface area contributed by atoms with E-state index >= 15 is 0 Å².